The zero-order valence-electron chi connectivity index (χ0n) is 17.3. The van der Waals surface area contributed by atoms with E-state index in [4.69, 9.17) is 9.47 Å². The second-order valence-electron chi connectivity index (χ2n) is 7.52. The van der Waals surface area contributed by atoms with Crippen LogP contribution in [0.4, 0.5) is 20.6 Å². The van der Waals surface area contributed by atoms with Crippen LogP contribution in [0, 0.1) is 5.82 Å². The highest BCUT2D eigenvalue weighted by Crippen LogP contribution is 2.28. The third-order valence-corrected chi connectivity index (χ3v) is 5.51. The Morgan fingerprint density at radius 2 is 2.00 bits per heavy atom. The molecule has 0 aromatic heterocycles. The standard InChI is InChI=1S/C22H24FN3O6/c23-18-10-14(4-5-19(18)25-6-8-31-9-7-25)26-12-15(32-22(26)30)11-24-21(29)16-2-1-3-20(28)17(16)13-27/h1-5,10,15,27-28H,6-9,11-13H2,(H,24,29). The molecule has 0 spiro atoms. The molecule has 2 fully saturated rings. The molecule has 2 heterocycles. The first-order chi connectivity index (χ1) is 15.5. The van der Waals surface area contributed by atoms with E-state index in [2.05, 4.69) is 5.32 Å². The first kappa shape index (κ1) is 21.8. The van der Waals surface area contributed by atoms with E-state index in [1.807, 2.05) is 4.90 Å². The van der Waals surface area contributed by atoms with Crippen LogP contribution >= 0.6 is 0 Å². The van der Waals surface area contributed by atoms with Crippen molar-refractivity contribution in [3.63, 3.8) is 0 Å². The van der Waals surface area contributed by atoms with Crippen molar-refractivity contribution in [1.82, 2.24) is 5.32 Å². The lowest BCUT2D eigenvalue weighted by Crippen LogP contribution is -2.37. The van der Waals surface area contributed by atoms with Crippen LogP contribution in [0.5, 0.6) is 5.75 Å². The predicted molar refractivity (Wildman–Crippen MR) is 113 cm³/mol. The number of hydrogen-bond donors (Lipinski definition) is 3. The first-order valence-electron chi connectivity index (χ1n) is 10.3. The normalized spacial score (nSPS) is 18.6. The minimum absolute atomic E-state index is 0.0238. The van der Waals surface area contributed by atoms with Gasteiger partial charge in [-0.05, 0) is 30.3 Å². The van der Waals surface area contributed by atoms with Crippen molar-refractivity contribution in [1.29, 1.82) is 0 Å². The van der Waals surface area contributed by atoms with Gasteiger partial charge in [-0.15, -0.1) is 0 Å². The van der Waals surface area contributed by atoms with Crippen LogP contribution in [-0.2, 0) is 16.1 Å². The van der Waals surface area contributed by atoms with Crippen molar-refractivity contribution >= 4 is 23.4 Å². The molecule has 1 atom stereocenters. The van der Waals surface area contributed by atoms with Crippen LogP contribution in [-0.4, -0.2) is 67.7 Å². The summed E-state index contributed by atoms with van der Waals surface area (Å²) in [6.45, 7) is 1.94. The van der Waals surface area contributed by atoms with Gasteiger partial charge in [0.15, 0.2) is 0 Å². The van der Waals surface area contributed by atoms with Gasteiger partial charge in [0.05, 0.1) is 44.3 Å². The number of cyclic esters (lactones) is 1. The van der Waals surface area contributed by atoms with Crippen LogP contribution in [0.2, 0.25) is 0 Å². The number of nitrogens with one attached hydrogen (secondary N) is 1. The number of anilines is 2. The highest BCUT2D eigenvalue weighted by atomic mass is 19.1. The summed E-state index contributed by atoms with van der Waals surface area (Å²) < 4.78 is 25.3. The summed E-state index contributed by atoms with van der Waals surface area (Å²) in [7, 11) is 0. The topological polar surface area (TPSA) is 112 Å². The first-order valence-corrected chi connectivity index (χ1v) is 10.3. The number of morpholine rings is 1. The Bertz CT molecular complexity index is 1010. The smallest absolute Gasteiger partial charge is 0.414 e. The largest absolute Gasteiger partial charge is 0.508 e. The molecule has 0 aliphatic carbocycles. The quantitative estimate of drug-likeness (QED) is 0.620. The number of ether oxygens (including phenoxy) is 2. The number of nitrogens with zero attached hydrogens (tertiary/aromatic N) is 2. The third-order valence-electron chi connectivity index (χ3n) is 5.51. The summed E-state index contributed by atoms with van der Waals surface area (Å²) in [6.07, 6.45) is -1.26. The number of halogens is 1. The lowest BCUT2D eigenvalue weighted by molar-refractivity contribution is 0.0912. The summed E-state index contributed by atoms with van der Waals surface area (Å²) in [5.41, 5.74) is 1.08. The highest BCUT2D eigenvalue weighted by Gasteiger charge is 2.33. The van der Waals surface area contributed by atoms with Crippen LogP contribution in [0.25, 0.3) is 0 Å². The van der Waals surface area contributed by atoms with Crippen molar-refractivity contribution < 1.29 is 33.7 Å². The number of carbonyl (C=O) groups is 2. The number of carbonyl (C=O) groups excluding carboxylic acids is 2. The van der Waals surface area contributed by atoms with Gasteiger partial charge in [-0.1, -0.05) is 6.07 Å². The van der Waals surface area contributed by atoms with Gasteiger partial charge in [0.1, 0.15) is 17.7 Å². The number of benzene rings is 2. The molecule has 4 rings (SSSR count). The summed E-state index contributed by atoms with van der Waals surface area (Å²) in [6, 6.07) is 8.95. The number of hydrogen-bond acceptors (Lipinski definition) is 7. The monoisotopic (exact) mass is 445 g/mol. The molecule has 2 amide bonds. The molecule has 2 aromatic carbocycles. The number of aliphatic hydroxyl groups excluding tert-OH is 1. The molecule has 9 nitrogen and oxygen atoms in total. The fourth-order valence-electron chi connectivity index (χ4n) is 3.82. The van der Waals surface area contributed by atoms with E-state index < -0.39 is 30.5 Å². The third kappa shape index (κ3) is 4.46. The molecule has 2 aromatic rings. The Morgan fingerprint density at radius 1 is 1.22 bits per heavy atom. The van der Waals surface area contributed by atoms with Crippen LogP contribution < -0.4 is 15.1 Å². The Hall–Kier alpha value is -3.37. The van der Waals surface area contributed by atoms with Gasteiger partial charge in [-0.3, -0.25) is 9.69 Å². The Labute approximate surface area is 183 Å². The molecule has 2 aliphatic rings. The molecular formula is C22H24FN3O6. The fourth-order valence-corrected chi connectivity index (χ4v) is 3.82. The van der Waals surface area contributed by atoms with Gasteiger partial charge in [-0.2, -0.15) is 0 Å². The minimum Gasteiger partial charge on any atom is -0.508 e. The number of aliphatic hydroxyl groups is 1. The lowest BCUT2D eigenvalue weighted by atomic mass is 10.1. The van der Waals surface area contributed by atoms with Crippen LogP contribution in [0.3, 0.4) is 0 Å². The number of aromatic hydroxyl groups is 1. The van der Waals surface area contributed by atoms with E-state index in [0.29, 0.717) is 37.7 Å². The maximum absolute atomic E-state index is 14.7. The molecule has 2 saturated heterocycles. The summed E-state index contributed by atoms with van der Waals surface area (Å²) in [5.74, 6) is -1.13. The molecule has 0 bridgehead atoms. The van der Waals surface area contributed by atoms with Gasteiger partial charge in [0.2, 0.25) is 0 Å². The van der Waals surface area contributed by atoms with E-state index in [9.17, 15) is 24.2 Å². The van der Waals surface area contributed by atoms with Gasteiger partial charge in [-0.25, -0.2) is 9.18 Å². The average molecular weight is 445 g/mol. The van der Waals surface area contributed by atoms with E-state index in [1.165, 1.54) is 29.2 Å². The lowest BCUT2D eigenvalue weighted by Gasteiger charge is -2.29. The highest BCUT2D eigenvalue weighted by molar-refractivity contribution is 5.96. The summed E-state index contributed by atoms with van der Waals surface area (Å²) in [5, 5.41) is 21.8. The van der Waals surface area contributed by atoms with Gasteiger partial charge < -0.3 is 29.9 Å². The molecule has 0 saturated carbocycles. The number of amides is 2. The van der Waals surface area contributed by atoms with Gasteiger partial charge >= 0.3 is 6.09 Å². The Morgan fingerprint density at radius 3 is 2.72 bits per heavy atom. The zero-order chi connectivity index (χ0) is 22.7. The van der Waals surface area contributed by atoms with E-state index >= 15 is 0 Å². The molecule has 1 unspecified atom stereocenters. The molecular weight excluding hydrogens is 421 g/mol. The Balaban J connectivity index is 1.39. The van der Waals surface area contributed by atoms with Gasteiger partial charge in [0.25, 0.3) is 5.91 Å². The number of phenols is 1. The van der Waals surface area contributed by atoms with E-state index in [-0.39, 0.29) is 30.0 Å². The SMILES string of the molecule is O=C(NCC1CN(c2ccc(N3CCOCC3)c(F)c2)C(=O)O1)c1cccc(O)c1CO. The van der Waals surface area contributed by atoms with Crippen LogP contribution in [0.15, 0.2) is 36.4 Å². The summed E-state index contributed by atoms with van der Waals surface area (Å²) in [4.78, 5) is 28.0. The minimum atomic E-state index is -0.636. The molecule has 32 heavy (non-hydrogen) atoms. The van der Waals surface area contributed by atoms with Crippen molar-refractivity contribution in [2.75, 3.05) is 49.2 Å². The molecule has 10 heteroatoms. The molecule has 170 valence electrons. The number of rotatable bonds is 6. The summed E-state index contributed by atoms with van der Waals surface area (Å²) >= 11 is 0. The van der Waals surface area contributed by atoms with Crippen LogP contribution in [0.1, 0.15) is 15.9 Å². The molecule has 3 N–H and O–H groups in total. The van der Waals surface area contributed by atoms with Crippen molar-refractivity contribution in [3.05, 3.63) is 53.3 Å². The van der Waals surface area contributed by atoms with Crippen molar-refractivity contribution in [3.8, 4) is 5.75 Å². The van der Waals surface area contributed by atoms with E-state index in [0.717, 1.165) is 0 Å². The maximum Gasteiger partial charge on any atom is 0.414 e. The maximum atomic E-state index is 14.7. The van der Waals surface area contributed by atoms with Crippen molar-refractivity contribution in [2.24, 2.45) is 0 Å². The fraction of sp³-hybridized carbons (Fsp3) is 0.364. The Kier molecular flexibility index (Phi) is 6.42. The average Bonchev–Trinajstić information content (AvgIpc) is 3.18. The van der Waals surface area contributed by atoms with E-state index in [1.54, 1.807) is 12.1 Å². The predicted octanol–water partition coefficient (Wildman–Crippen LogP) is 1.62. The second kappa shape index (κ2) is 9.41. The second-order valence-corrected chi connectivity index (χ2v) is 7.52. The zero-order valence-corrected chi connectivity index (χ0v) is 17.3. The molecule has 2 aliphatic heterocycles. The molecule has 0 radical (unpaired) electrons. The van der Waals surface area contributed by atoms with Crippen molar-refractivity contribution in [2.45, 2.75) is 12.7 Å². The van der Waals surface area contributed by atoms with Gasteiger partial charge in [0, 0.05) is 24.2 Å².